The number of hydrogen-bond donors (Lipinski definition) is 0. The van der Waals surface area contributed by atoms with Crippen LogP contribution in [0.4, 0.5) is 0 Å². The minimum atomic E-state index is 0.319. The van der Waals surface area contributed by atoms with Crippen LogP contribution in [0.2, 0.25) is 0 Å². The number of nitriles is 1. The third kappa shape index (κ3) is 2.95. The molecule has 0 N–H and O–H groups in total. The molecule has 2 aromatic rings. The fourth-order valence-corrected chi connectivity index (χ4v) is 1.99. The van der Waals surface area contributed by atoms with Crippen LogP contribution < -0.4 is 4.74 Å². The second-order valence-electron chi connectivity index (χ2n) is 3.13. The Balaban J connectivity index is 2.16. The van der Waals surface area contributed by atoms with Crippen LogP contribution in [0.1, 0.15) is 5.69 Å². The average Bonchev–Trinajstić information content (AvgIpc) is 2.40. The fraction of sp³-hybridized carbons (Fsp3) is 0.0833. The normalized spacial score (nSPS) is 9.65. The molecule has 0 aliphatic rings. The van der Waals surface area contributed by atoms with Crippen molar-refractivity contribution in [3.05, 3.63) is 42.4 Å². The molecule has 1 aromatic carbocycles. The summed E-state index contributed by atoms with van der Waals surface area (Å²) in [6.45, 7) is 0. The van der Waals surface area contributed by atoms with Crippen LogP contribution in [-0.4, -0.2) is 17.1 Å². The first-order chi connectivity index (χ1) is 8.31. The third-order valence-electron chi connectivity index (χ3n) is 2.01. The van der Waals surface area contributed by atoms with Gasteiger partial charge in [-0.15, -0.1) is 0 Å². The molecular formula is C12H9N3OS. The Bertz CT molecular complexity index is 548. The second kappa shape index (κ2) is 5.32. The highest BCUT2D eigenvalue weighted by Gasteiger charge is 2.01. The Labute approximate surface area is 103 Å². The largest absolute Gasteiger partial charge is 0.497 e. The molecule has 0 bridgehead atoms. The summed E-state index contributed by atoms with van der Waals surface area (Å²) in [7, 11) is 1.63. The first-order valence-electron chi connectivity index (χ1n) is 4.86. The van der Waals surface area contributed by atoms with Gasteiger partial charge in [0, 0.05) is 4.90 Å². The van der Waals surface area contributed by atoms with E-state index in [9.17, 15) is 0 Å². The number of methoxy groups -OCH3 is 1. The number of hydrogen-bond acceptors (Lipinski definition) is 5. The average molecular weight is 243 g/mol. The van der Waals surface area contributed by atoms with Crippen molar-refractivity contribution in [2.24, 2.45) is 0 Å². The first kappa shape index (κ1) is 11.4. The molecule has 0 fully saturated rings. The molecule has 2 rings (SSSR count). The lowest BCUT2D eigenvalue weighted by Crippen LogP contribution is -1.87. The van der Waals surface area contributed by atoms with Crippen LogP contribution in [0.25, 0.3) is 0 Å². The van der Waals surface area contributed by atoms with Crippen LogP contribution in [0.5, 0.6) is 5.75 Å². The molecule has 0 unspecified atom stereocenters. The van der Waals surface area contributed by atoms with Crippen LogP contribution >= 0.6 is 11.8 Å². The van der Waals surface area contributed by atoms with Gasteiger partial charge in [-0.2, -0.15) is 5.26 Å². The number of aromatic nitrogens is 2. The molecule has 0 aliphatic carbocycles. The van der Waals surface area contributed by atoms with Crippen LogP contribution in [0.15, 0.2) is 46.6 Å². The second-order valence-corrected chi connectivity index (χ2v) is 4.23. The van der Waals surface area contributed by atoms with Crippen molar-refractivity contribution >= 4 is 11.8 Å². The Kier molecular flexibility index (Phi) is 3.58. The summed E-state index contributed by atoms with van der Waals surface area (Å²) in [5, 5.41) is 9.36. The van der Waals surface area contributed by atoms with Gasteiger partial charge in [0.2, 0.25) is 0 Å². The van der Waals surface area contributed by atoms with Gasteiger partial charge in [-0.25, -0.2) is 9.97 Å². The van der Waals surface area contributed by atoms with Crippen molar-refractivity contribution in [3.63, 3.8) is 0 Å². The molecule has 1 aromatic heterocycles. The van der Waals surface area contributed by atoms with E-state index in [1.807, 2.05) is 30.3 Å². The van der Waals surface area contributed by atoms with E-state index in [1.165, 1.54) is 18.0 Å². The Morgan fingerprint density at radius 2 is 2.18 bits per heavy atom. The van der Waals surface area contributed by atoms with Gasteiger partial charge >= 0.3 is 0 Å². The van der Waals surface area contributed by atoms with E-state index in [1.54, 1.807) is 13.3 Å². The zero-order chi connectivity index (χ0) is 12.1. The van der Waals surface area contributed by atoms with E-state index in [2.05, 4.69) is 9.97 Å². The summed E-state index contributed by atoms with van der Waals surface area (Å²) >= 11 is 1.47. The molecule has 0 radical (unpaired) electrons. The van der Waals surface area contributed by atoms with Crippen molar-refractivity contribution in [2.75, 3.05) is 7.11 Å². The minimum Gasteiger partial charge on any atom is -0.497 e. The van der Waals surface area contributed by atoms with Crippen molar-refractivity contribution in [1.82, 2.24) is 9.97 Å². The standard InChI is InChI=1S/C12H9N3OS/c1-16-10-3-2-4-11(5-10)17-12-8-14-9(6-13)7-15-12/h2-5,7-8H,1H3. The molecule has 1 heterocycles. The summed E-state index contributed by atoms with van der Waals surface area (Å²) in [5.41, 5.74) is 0.319. The zero-order valence-electron chi connectivity index (χ0n) is 9.12. The predicted molar refractivity (Wildman–Crippen MR) is 63.9 cm³/mol. The topological polar surface area (TPSA) is 58.8 Å². The molecule has 0 saturated carbocycles. The highest BCUT2D eigenvalue weighted by molar-refractivity contribution is 7.99. The summed E-state index contributed by atoms with van der Waals surface area (Å²) in [4.78, 5) is 9.11. The van der Waals surface area contributed by atoms with Crippen LogP contribution in [-0.2, 0) is 0 Å². The van der Waals surface area contributed by atoms with Crippen LogP contribution in [0, 0.1) is 11.3 Å². The van der Waals surface area contributed by atoms with Crippen LogP contribution in [0.3, 0.4) is 0 Å². The molecule has 4 nitrogen and oxygen atoms in total. The molecule has 0 atom stereocenters. The lowest BCUT2D eigenvalue weighted by Gasteiger charge is -2.03. The highest BCUT2D eigenvalue weighted by atomic mass is 32.2. The van der Waals surface area contributed by atoms with E-state index in [0.717, 1.165) is 15.7 Å². The number of nitrogens with zero attached hydrogens (tertiary/aromatic N) is 3. The molecule has 0 spiro atoms. The fourth-order valence-electron chi connectivity index (χ4n) is 1.21. The van der Waals surface area contributed by atoms with Gasteiger partial charge in [0.25, 0.3) is 0 Å². The predicted octanol–water partition coefficient (Wildman–Crippen LogP) is 2.51. The van der Waals surface area contributed by atoms with Gasteiger partial charge in [0.15, 0.2) is 5.69 Å². The van der Waals surface area contributed by atoms with Gasteiger partial charge in [0.05, 0.1) is 19.5 Å². The SMILES string of the molecule is COc1cccc(Sc2cnc(C#N)cn2)c1. The van der Waals surface area contributed by atoms with E-state index < -0.39 is 0 Å². The van der Waals surface area contributed by atoms with Crippen molar-refractivity contribution < 1.29 is 4.74 Å². The smallest absolute Gasteiger partial charge is 0.158 e. The third-order valence-corrected chi connectivity index (χ3v) is 2.92. The molecule has 0 amide bonds. The molecule has 17 heavy (non-hydrogen) atoms. The maximum atomic E-state index is 8.61. The Hall–Kier alpha value is -2.06. The Morgan fingerprint density at radius 3 is 2.82 bits per heavy atom. The van der Waals surface area contributed by atoms with E-state index >= 15 is 0 Å². The molecule has 84 valence electrons. The van der Waals surface area contributed by atoms with E-state index in [0.29, 0.717) is 5.69 Å². The number of rotatable bonds is 3. The number of ether oxygens (including phenoxy) is 1. The van der Waals surface area contributed by atoms with E-state index in [-0.39, 0.29) is 0 Å². The molecule has 0 saturated heterocycles. The van der Waals surface area contributed by atoms with Gasteiger partial charge in [-0.1, -0.05) is 17.8 Å². The lowest BCUT2D eigenvalue weighted by molar-refractivity contribution is 0.413. The maximum Gasteiger partial charge on any atom is 0.158 e. The quantitative estimate of drug-likeness (QED) is 0.829. The van der Waals surface area contributed by atoms with Gasteiger partial charge in [-0.3, -0.25) is 0 Å². The zero-order valence-corrected chi connectivity index (χ0v) is 9.94. The molecule has 0 aliphatic heterocycles. The van der Waals surface area contributed by atoms with Gasteiger partial charge < -0.3 is 4.74 Å². The lowest BCUT2D eigenvalue weighted by atomic mass is 10.3. The Morgan fingerprint density at radius 1 is 1.29 bits per heavy atom. The van der Waals surface area contributed by atoms with Gasteiger partial charge in [-0.05, 0) is 18.2 Å². The van der Waals surface area contributed by atoms with Crippen molar-refractivity contribution in [1.29, 1.82) is 5.26 Å². The van der Waals surface area contributed by atoms with Crippen molar-refractivity contribution in [3.8, 4) is 11.8 Å². The first-order valence-corrected chi connectivity index (χ1v) is 5.67. The number of benzene rings is 1. The minimum absolute atomic E-state index is 0.319. The highest BCUT2D eigenvalue weighted by Crippen LogP contribution is 2.27. The summed E-state index contributed by atoms with van der Waals surface area (Å²) in [5.74, 6) is 0.802. The summed E-state index contributed by atoms with van der Waals surface area (Å²) in [6, 6.07) is 9.62. The molecular weight excluding hydrogens is 234 g/mol. The van der Waals surface area contributed by atoms with E-state index in [4.69, 9.17) is 10.00 Å². The van der Waals surface area contributed by atoms with Crippen molar-refractivity contribution in [2.45, 2.75) is 9.92 Å². The molecule has 5 heteroatoms. The maximum absolute atomic E-state index is 8.61. The summed E-state index contributed by atoms with van der Waals surface area (Å²) < 4.78 is 5.14. The van der Waals surface area contributed by atoms with Gasteiger partial charge in [0.1, 0.15) is 16.8 Å². The summed E-state index contributed by atoms with van der Waals surface area (Å²) in [6.07, 6.45) is 3.05. The monoisotopic (exact) mass is 243 g/mol.